The Bertz CT molecular complexity index is 1300. The molecule has 168 valence electrons. The van der Waals surface area contributed by atoms with E-state index in [1.165, 1.54) is 0 Å². The van der Waals surface area contributed by atoms with Crippen LogP contribution in [0.4, 0.5) is 11.6 Å². The van der Waals surface area contributed by atoms with Gasteiger partial charge < -0.3 is 25.3 Å². The number of amides is 1. The first-order valence-corrected chi connectivity index (χ1v) is 11.1. The van der Waals surface area contributed by atoms with E-state index in [2.05, 4.69) is 20.9 Å². The molecule has 1 atom stereocenters. The standard InChI is InChI=1S/C24H23ClN6O2/c1-31-22-7-6-18(12-20(22)30-24(31)29-16-4-2-15(25)3-5-16)33-19-9-11-27-21(13-19)23(32)28-17-8-10-26-14-17/h2-7,9,11-13,17,26H,8,10,14H2,1H3,(H,28,32)(H,29,30)/t17-/m1/s1. The van der Waals surface area contributed by atoms with Crippen molar-refractivity contribution in [2.24, 2.45) is 7.05 Å². The highest BCUT2D eigenvalue weighted by molar-refractivity contribution is 6.30. The lowest BCUT2D eigenvalue weighted by molar-refractivity contribution is 0.0934. The number of fused-ring (bicyclic) bond motifs is 1. The quantitative estimate of drug-likeness (QED) is 0.396. The lowest BCUT2D eigenvalue weighted by Gasteiger charge is -2.11. The van der Waals surface area contributed by atoms with Gasteiger partial charge in [-0.05, 0) is 55.4 Å². The third kappa shape index (κ3) is 4.76. The molecule has 0 spiro atoms. The number of aryl methyl sites for hydroxylation is 1. The van der Waals surface area contributed by atoms with Gasteiger partial charge in [-0.3, -0.25) is 9.78 Å². The molecule has 2 aromatic carbocycles. The van der Waals surface area contributed by atoms with Gasteiger partial charge >= 0.3 is 0 Å². The van der Waals surface area contributed by atoms with Gasteiger partial charge in [0.25, 0.3) is 5.91 Å². The van der Waals surface area contributed by atoms with Crippen LogP contribution in [0.3, 0.4) is 0 Å². The maximum Gasteiger partial charge on any atom is 0.270 e. The second kappa shape index (κ2) is 9.09. The minimum Gasteiger partial charge on any atom is -0.457 e. The van der Waals surface area contributed by atoms with Crippen molar-refractivity contribution in [3.05, 3.63) is 71.5 Å². The number of aromatic nitrogens is 3. The number of halogens is 1. The Labute approximate surface area is 195 Å². The first-order valence-electron chi connectivity index (χ1n) is 10.7. The number of carbonyl (C=O) groups is 1. The van der Waals surface area contributed by atoms with Gasteiger partial charge in [-0.15, -0.1) is 0 Å². The molecule has 1 fully saturated rings. The van der Waals surface area contributed by atoms with Crippen LogP contribution in [0.5, 0.6) is 11.5 Å². The molecule has 2 aromatic heterocycles. The largest absolute Gasteiger partial charge is 0.457 e. The van der Waals surface area contributed by atoms with Crippen LogP contribution in [-0.4, -0.2) is 39.6 Å². The average molecular weight is 463 g/mol. The summed E-state index contributed by atoms with van der Waals surface area (Å²) in [5.74, 6) is 1.66. The van der Waals surface area contributed by atoms with Gasteiger partial charge in [0.2, 0.25) is 5.95 Å². The summed E-state index contributed by atoms with van der Waals surface area (Å²) >= 11 is 5.97. The Morgan fingerprint density at radius 3 is 2.76 bits per heavy atom. The fraction of sp³-hybridized carbons (Fsp3) is 0.208. The van der Waals surface area contributed by atoms with E-state index in [1.54, 1.807) is 18.3 Å². The first kappa shape index (κ1) is 21.2. The van der Waals surface area contributed by atoms with Crippen molar-refractivity contribution in [3.63, 3.8) is 0 Å². The molecule has 9 heteroatoms. The predicted octanol–water partition coefficient (Wildman–Crippen LogP) is 4.25. The van der Waals surface area contributed by atoms with Crippen molar-refractivity contribution >= 4 is 40.2 Å². The molecule has 0 aliphatic carbocycles. The molecule has 0 radical (unpaired) electrons. The second-order valence-electron chi connectivity index (χ2n) is 7.92. The molecule has 1 amide bonds. The lowest BCUT2D eigenvalue weighted by atomic mass is 10.2. The van der Waals surface area contributed by atoms with Crippen molar-refractivity contribution in [2.75, 3.05) is 18.4 Å². The maximum absolute atomic E-state index is 12.5. The number of pyridine rings is 1. The maximum atomic E-state index is 12.5. The van der Waals surface area contributed by atoms with E-state index >= 15 is 0 Å². The number of ether oxygens (including phenoxy) is 1. The smallest absolute Gasteiger partial charge is 0.270 e. The summed E-state index contributed by atoms with van der Waals surface area (Å²) < 4.78 is 7.98. The van der Waals surface area contributed by atoms with Crippen LogP contribution >= 0.6 is 11.6 Å². The van der Waals surface area contributed by atoms with Crippen LogP contribution in [0, 0.1) is 0 Å². The summed E-state index contributed by atoms with van der Waals surface area (Å²) in [4.78, 5) is 21.4. The van der Waals surface area contributed by atoms with Gasteiger partial charge in [0.1, 0.15) is 17.2 Å². The Kier molecular flexibility index (Phi) is 5.85. The van der Waals surface area contributed by atoms with E-state index < -0.39 is 0 Å². The molecular weight excluding hydrogens is 440 g/mol. The highest BCUT2D eigenvalue weighted by Gasteiger charge is 2.18. The van der Waals surface area contributed by atoms with Gasteiger partial charge in [0, 0.05) is 48.7 Å². The van der Waals surface area contributed by atoms with Crippen LogP contribution in [-0.2, 0) is 7.05 Å². The van der Waals surface area contributed by atoms with Gasteiger partial charge in [-0.1, -0.05) is 11.6 Å². The molecule has 3 heterocycles. The van der Waals surface area contributed by atoms with Crippen molar-refractivity contribution in [3.8, 4) is 11.5 Å². The molecule has 1 aliphatic rings. The third-order valence-corrected chi connectivity index (χ3v) is 5.80. The number of rotatable bonds is 6. The minimum absolute atomic E-state index is 0.131. The first-order chi connectivity index (χ1) is 16.0. The number of hydrogen-bond acceptors (Lipinski definition) is 6. The summed E-state index contributed by atoms with van der Waals surface area (Å²) in [7, 11) is 1.95. The van der Waals surface area contributed by atoms with Crippen LogP contribution in [0.2, 0.25) is 5.02 Å². The van der Waals surface area contributed by atoms with Gasteiger partial charge in [0.15, 0.2) is 0 Å². The number of nitrogens with one attached hydrogen (secondary N) is 3. The molecule has 1 aliphatic heterocycles. The van der Waals surface area contributed by atoms with Gasteiger partial charge in [0.05, 0.1) is 11.0 Å². The molecule has 0 bridgehead atoms. The fourth-order valence-electron chi connectivity index (χ4n) is 3.79. The Hall–Kier alpha value is -3.62. The highest BCUT2D eigenvalue weighted by Crippen LogP contribution is 2.28. The van der Waals surface area contributed by atoms with Crippen LogP contribution < -0.4 is 20.7 Å². The molecule has 0 unspecified atom stereocenters. The van der Waals surface area contributed by atoms with Crippen LogP contribution in [0.1, 0.15) is 16.9 Å². The van der Waals surface area contributed by atoms with E-state index in [9.17, 15) is 4.79 Å². The molecule has 0 saturated carbocycles. The lowest BCUT2D eigenvalue weighted by Crippen LogP contribution is -2.36. The number of carbonyl (C=O) groups excluding carboxylic acids is 1. The summed E-state index contributed by atoms with van der Waals surface area (Å²) in [6.07, 6.45) is 2.49. The van der Waals surface area contributed by atoms with Crippen LogP contribution in [0.15, 0.2) is 60.8 Å². The Balaban J connectivity index is 1.33. The number of nitrogens with zero attached hydrogens (tertiary/aromatic N) is 3. The summed E-state index contributed by atoms with van der Waals surface area (Å²) in [5.41, 5.74) is 2.96. The van der Waals surface area contributed by atoms with E-state index in [0.29, 0.717) is 28.2 Å². The fourth-order valence-corrected chi connectivity index (χ4v) is 3.92. The zero-order valence-corrected chi connectivity index (χ0v) is 18.8. The Morgan fingerprint density at radius 2 is 1.97 bits per heavy atom. The number of imidazole rings is 1. The third-order valence-electron chi connectivity index (χ3n) is 5.55. The molecular formula is C24H23ClN6O2. The van der Waals surface area contributed by atoms with Crippen molar-refractivity contribution in [1.29, 1.82) is 0 Å². The van der Waals surface area contributed by atoms with Gasteiger partial charge in [-0.2, -0.15) is 0 Å². The Morgan fingerprint density at radius 1 is 1.15 bits per heavy atom. The molecule has 8 nitrogen and oxygen atoms in total. The molecule has 4 aromatic rings. The molecule has 33 heavy (non-hydrogen) atoms. The van der Waals surface area contributed by atoms with Crippen molar-refractivity contribution in [2.45, 2.75) is 12.5 Å². The summed E-state index contributed by atoms with van der Waals surface area (Å²) in [6, 6.07) is 16.6. The SMILES string of the molecule is Cn1c(Nc2ccc(Cl)cc2)nc2cc(Oc3ccnc(C(=O)N[C@@H]4CCNC4)c3)ccc21. The molecule has 5 rings (SSSR count). The van der Waals surface area contributed by atoms with E-state index in [4.69, 9.17) is 21.3 Å². The van der Waals surface area contributed by atoms with E-state index in [0.717, 1.165) is 36.2 Å². The zero-order valence-electron chi connectivity index (χ0n) is 18.0. The topological polar surface area (TPSA) is 93.1 Å². The molecule has 3 N–H and O–H groups in total. The van der Waals surface area contributed by atoms with Gasteiger partial charge in [-0.25, -0.2) is 4.98 Å². The minimum atomic E-state index is -0.202. The highest BCUT2D eigenvalue weighted by atomic mass is 35.5. The average Bonchev–Trinajstić information content (AvgIpc) is 3.43. The number of benzene rings is 2. The van der Waals surface area contributed by atoms with E-state index in [1.807, 2.05) is 54.1 Å². The van der Waals surface area contributed by atoms with Crippen molar-refractivity contribution in [1.82, 2.24) is 25.2 Å². The summed E-state index contributed by atoms with van der Waals surface area (Å²) in [5, 5.41) is 10.2. The van der Waals surface area contributed by atoms with E-state index in [-0.39, 0.29) is 11.9 Å². The summed E-state index contributed by atoms with van der Waals surface area (Å²) in [6.45, 7) is 1.69. The normalized spacial score (nSPS) is 15.5. The van der Waals surface area contributed by atoms with Crippen LogP contribution in [0.25, 0.3) is 11.0 Å². The number of hydrogen-bond donors (Lipinski definition) is 3. The monoisotopic (exact) mass is 462 g/mol. The van der Waals surface area contributed by atoms with Crippen molar-refractivity contribution < 1.29 is 9.53 Å². The zero-order chi connectivity index (χ0) is 22.8. The molecule has 1 saturated heterocycles. The second-order valence-corrected chi connectivity index (χ2v) is 8.36. The predicted molar refractivity (Wildman–Crippen MR) is 129 cm³/mol. The number of anilines is 2.